The van der Waals surface area contributed by atoms with Crippen LogP contribution in [0.25, 0.3) is 0 Å². The Kier molecular flexibility index (Phi) is 4.97. The Labute approximate surface area is 168 Å². The summed E-state index contributed by atoms with van der Waals surface area (Å²) < 4.78 is 0. The van der Waals surface area contributed by atoms with Crippen molar-refractivity contribution >= 4 is 41.0 Å². The number of carbonyl (C=O) groups is 3. The van der Waals surface area contributed by atoms with E-state index in [2.05, 4.69) is 4.99 Å². The van der Waals surface area contributed by atoms with Crippen molar-refractivity contribution < 1.29 is 14.4 Å². The number of hydrogen-bond acceptors (Lipinski definition) is 4. The van der Waals surface area contributed by atoms with Gasteiger partial charge in [0.05, 0.1) is 5.69 Å². The van der Waals surface area contributed by atoms with E-state index in [9.17, 15) is 14.4 Å². The molecule has 0 radical (unpaired) electrons. The van der Waals surface area contributed by atoms with Crippen LogP contribution in [0, 0.1) is 0 Å². The van der Waals surface area contributed by atoms with E-state index in [4.69, 9.17) is 11.6 Å². The Bertz CT molecular complexity index is 863. The zero-order valence-corrected chi connectivity index (χ0v) is 16.5. The Hall–Kier alpha value is -2.61. The van der Waals surface area contributed by atoms with E-state index in [1.54, 1.807) is 26.8 Å². The number of amides is 4. The van der Waals surface area contributed by atoms with Crippen LogP contribution in [0.2, 0.25) is 5.02 Å². The summed E-state index contributed by atoms with van der Waals surface area (Å²) in [6, 6.07) is 5.09. The molecular weight excluding hydrogens is 382 g/mol. The second-order valence-corrected chi connectivity index (χ2v) is 7.56. The minimum atomic E-state index is -0.246. The number of halogens is 1. The first-order valence-electron chi connectivity index (χ1n) is 9.42. The van der Waals surface area contributed by atoms with Crippen LogP contribution in [-0.4, -0.2) is 84.2 Å². The fraction of sp³-hybridized carbons (Fsp3) is 0.474. The van der Waals surface area contributed by atoms with Gasteiger partial charge in [-0.25, -0.2) is 4.79 Å². The van der Waals surface area contributed by atoms with E-state index in [-0.39, 0.29) is 24.4 Å². The van der Waals surface area contributed by atoms with E-state index in [1.165, 1.54) is 11.8 Å². The lowest BCUT2D eigenvalue weighted by Crippen LogP contribution is -2.57. The maximum atomic E-state index is 13.1. The lowest BCUT2D eigenvalue weighted by atomic mass is 10.1. The van der Waals surface area contributed by atoms with E-state index >= 15 is 0 Å². The number of amidine groups is 1. The average Bonchev–Trinajstić information content (AvgIpc) is 2.71. The lowest BCUT2D eigenvalue weighted by Gasteiger charge is -2.40. The van der Waals surface area contributed by atoms with Crippen molar-refractivity contribution in [2.75, 3.05) is 50.7 Å². The average molecular weight is 404 g/mol. The summed E-state index contributed by atoms with van der Waals surface area (Å²) in [7, 11) is 0. The number of nitrogens with zero attached hydrogens (tertiary/aromatic N) is 5. The van der Waals surface area contributed by atoms with Crippen molar-refractivity contribution in [2.45, 2.75) is 13.3 Å². The quantitative estimate of drug-likeness (QED) is 0.749. The van der Waals surface area contributed by atoms with Gasteiger partial charge in [-0.1, -0.05) is 11.6 Å². The maximum Gasteiger partial charge on any atom is 0.330 e. The topological polar surface area (TPSA) is 76.5 Å². The number of anilines is 1. The minimum Gasteiger partial charge on any atom is -0.339 e. The molecule has 0 aromatic heterocycles. The molecule has 0 aliphatic carbocycles. The molecule has 0 unspecified atom stereocenters. The standard InChI is InChI=1S/C19H22ClN5O3/c1-13(26)22-7-9-23(10-8-22)17(27)12-25-16-11-14(20)3-4-15(16)18-21-5-2-6-24(18)19(25)28/h3-4,11H,2,5-10,12H2,1H3. The molecule has 9 heteroatoms. The molecular formula is C19H22ClN5O3. The van der Waals surface area contributed by atoms with Gasteiger partial charge in [0, 0.05) is 56.8 Å². The first-order chi connectivity index (χ1) is 13.5. The molecule has 4 rings (SSSR count). The molecule has 3 aliphatic rings. The zero-order chi connectivity index (χ0) is 19.8. The molecule has 8 nitrogen and oxygen atoms in total. The van der Waals surface area contributed by atoms with Gasteiger partial charge in [-0.2, -0.15) is 0 Å². The van der Waals surface area contributed by atoms with Gasteiger partial charge in [0.1, 0.15) is 12.4 Å². The molecule has 0 saturated carbocycles. The molecule has 4 amide bonds. The fourth-order valence-corrected chi connectivity index (χ4v) is 4.01. The highest BCUT2D eigenvalue weighted by Gasteiger charge is 2.38. The van der Waals surface area contributed by atoms with E-state index in [0.717, 1.165) is 12.0 Å². The number of hydrogen-bond donors (Lipinski definition) is 0. The molecule has 0 bridgehead atoms. The normalized spacial score (nSPS) is 19.2. The first kappa shape index (κ1) is 18.7. The molecule has 0 atom stereocenters. The number of carbonyl (C=O) groups excluding carboxylic acids is 3. The SMILES string of the molecule is CC(=O)N1CCN(C(=O)CN2C(=O)N3CCCN=C3c3ccc(Cl)cc32)CC1. The first-order valence-corrected chi connectivity index (χ1v) is 9.80. The van der Waals surface area contributed by atoms with Gasteiger partial charge in [0.15, 0.2) is 0 Å². The third-order valence-corrected chi connectivity index (χ3v) is 5.62. The third-order valence-electron chi connectivity index (χ3n) is 5.38. The van der Waals surface area contributed by atoms with Crippen molar-refractivity contribution in [1.82, 2.24) is 14.7 Å². The smallest absolute Gasteiger partial charge is 0.330 e. The highest BCUT2D eigenvalue weighted by atomic mass is 35.5. The molecule has 3 aliphatic heterocycles. The Morgan fingerprint density at radius 3 is 2.54 bits per heavy atom. The molecule has 1 saturated heterocycles. The molecule has 28 heavy (non-hydrogen) atoms. The van der Waals surface area contributed by atoms with Crippen LogP contribution in [0.15, 0.2) is 23.2 Å². The molecule has 3 heterocycles. The number of benzene rings is 1. The number of piperazine rings is 1. The molecule has 1 fully saturated rings. The predicted molar refractivity (Wildman–Crippen MR) is 106 cm³/mol. The zero-order valence-electron chi connectivity index (χ0n) is 15.7. The summed E-state index contributed by atoms with van der Waals surface area (Å²) in [5.74, 6) is 0.528. The summed E-state index contributed by atoms with van der Waals surface area (Å²) in [6.45, 7) is 4.71. The highest BCUT2D eigenvalue weighted by molar-refractivity contribution is 6.31. The summed E-state index contributed by atoms with van der Waals surface area (Å²) >= 11 is 6.17. The second kappa shape index (κ2) is 7.43. The van der Waals surface area contributed by atoms with Crippen LogP contribution < -0.4 is 4.90 Å². The van der Waals surface area contributed by atoms with Crippen LogP contribution in [0.4, 0.5) is 10.5 Å². The van der Waals surface area contributed by atoms with Crippen LogP contribution in [-0.2, 0) is 9.59 Å². The maximum absolute atomic E-state index is 13.1. The van der Waals surface area contributed by atoms with Crippen LogP contribution in [0.5, 0.6) is 0 Å². The number of rotatable bonds is 2. The van der Waals surface area contributed by atoms with Crippen molar-refractivity contribution in [3.63, 3.8) is 0 Å². The minimum absolute atomic E-state index is 0.0128. The van der Waals surface area contributed by atoms with Crippen LogP contribution >= 0.6 is 11.6 Å². The van der Waals surface area contributed by atoms with Gasteiger partial charge in [-0.05, 0) is 24.6 Å². The van der Waals surface area contributed by atoms with Crippen LogP contribution in [0.3, 0.4) is 0 Å². The molecule has 0 N–H and O–H groups in total. The van der Waals surface area contributed by atoms with Gasteiger partial charge in [-0.15, -0.1) is 0 Å². The molecule has 0 spiro atoms. The summed E-state index contributed by atoms with van der Waals surface area (Å²) in [5, 5.41) is 0.504. The van der Waals surface area contributed by atoms with Crippen molar-refractivity contribution in [1.29, 1.82) is 0 Å². The molecule has 1 aromatic rings. The second-order valence-electron chi connectivity index (χ2n) is 7.13. The van der Waals surface area contributed by atoms with E-state index in [1.807, 2.05) is 6.07 Å². The molecule has 148 valence electrons. The van der Waals surface area contributed by atoms with Crippen molar-refractivity contribution in [3.05, 3.63) is 28.8 Å². The Morgan fingerprint density at radius 1 is 1.11 bits per heavy atom. The fourth-order valence-electron chi connectivity index (χ4n) is 3.85. The largest absolute Gasteiger partial charge is 0.339 e. The third kappa shape index (κ3) is 3.32. The van der Waals surface area contributed by atoms with E-state index in [0.29, 0.717) is 55.8 Å². The van der Waals surface area contributed by atoms with Gasteiger partial charge in [0.2, 0.25) is 11.8 Å². The number of aliphatic imine (C=N–C) groups is 1. The van der Waals surface area contributed by atoms with E-state index < -0.39 is 0 Å². The van der Waals surface area contributed by atoms with Gasteiger partial charge < -0.3 is 9.80 Å². The van der Waals surface area contributed by atoms with Crippen molar-refractivity contribution in [3.8, 4) is 0 Å². The predicted octanol–water partition coefficient (Wildman–Crippen LogP) is 1.42. The monoisotopic (exact) mass is 403 g/mol. The van der Waals surface area contributed by atoms with Crippen LogP contribution in [0.1, 0.15) is 18.9 Å². The summed E-state index contributed by atoms with van der Waals surface area (Å²) in [5.41, 5.74) is 1.43. The number of fused-ring (bicyclic) bond motifs is 3. The van der Waals surface area contributed by atoms with Crippen molar-refractivity contribution in [2.24, 2.45) is 4.99 Å². The van der Waals surface area contributed by atoms with Gasteiger partial charge in [0.25, 0.3) is 0 Å². The Balaban J connectivity index is 1.57. The lowest BCUT2D eigenvalue weighted by molar-refractivity contribution is -0.137. The molecule has 1 aromatic carbocycles. The highest BCUT2D eigenvalue weighted by Crippen LogP contribution is 2.33. The summed E-state index contributed by atoms with van der Waals surface area (Å²) in [4.78, 5) is 48.5. The Morgan fingerprint density at radius 2 is 1.82 bits per heavy atom. The van der Waals surface area contributed by atoms with Gasteiger partial charge in [-0.3, -0.25) is 24.4 Å². The summed E-state index contributed by atoms with van der Waals surface area (Å²) in [6.07, 6.45) is 0.799. The van der Waals surface area contributed by atoms with Gasteiger partial charge >= 0.3 is 6.03 Å². The number of urea groups is 1.